The average molecular weight is 402 g/mol. The zero-order chi connectivity index (χ0) is 21.7. The summed E-state index contributed by atoms with van der Waals surface area (Å²) in [5.41, 5.74) is 4.70. The highest BCUT2D eigenvalue weighted by atomic mass is 16.1. The van der Waals surface area contributed by atoms with Gasteiger partial charge in [-0.3, -0.25) is 4.79 Å². The molecule has 1 aliphatic heterocycles. The summed E-state index contributed by atoms with van der Waals surface area (Å²) in [6.07, 6.45) is 3.87. The van der Waals surface area contributed by atoms with E-state index in [1.807, 2.05) is 36.4 Å². The van der Waals surface area contributed by atoms with E-state index in [2.05, 4.69) is 56.1 Å². The Kier molecular flexibility index (Phi) is 6.62. The normalized spacial score (nSPS) is 17.8. The van der Waals surface area contributed by atoms with E-state index in [9.17, 15) is 10.1 Å². The van der Waals surface area contributed by atoms with Crippen molar-refractivity contribution < 1.29 is 4.79 Å². The van der Waals surface area contributed by atoms with Crippen molar-refractivity contribution in [3.05, 3.63) is 70.8 Å². The van der Waals surface area contributed by atoms with Gasteiger partial charge in [-0.1, -0.05) is 50.2 Å². The van der Waals surface area contributed by atoms with Crippen molar-refractivity contribution in [2.24, 2.45) is 0 Å². The number of carbonyl (C=O) groups is 1. The molecule has 2 aromatic rings. The van der Waals surface area contributed by atoms with E-state index < -0.39 is 0 Å². The summed E-state index contributed by atoms with van der Waals surface area (Å²) in [6, 6.07) is 18.0. The number of nitrogens with one attached hydrogen (secondary N) is 1. The van der Waals surface area contributed by atoms with Crippen LogP contribution in [0.2, 0.25) is 0 Å². The summed E-state index contributed by atoms with van der Waals surface area (Å²) in [5.74, 6) is 0.0785. The monoisotopic (exact) mass is 401 g/mol. The van der Waals surface area contributed by atoms with Crippen molar-refractivity contribution in [3.63, 3.8) is 0 Å². The van der Waals surface area contributed by atoms with E-state index in [0.29, 0.717) is 12.5 Å². The molecule has 0 saturated heterocycles. The van der Waals surface area contributed by atoms with Gasteiger partial charge in [-0.25, -0.2) is 0 Å². The Morgan fingerprint density at radius 1 is 1.27 bits per heavy atom. The summed E-state index contributed by atoms with van der Waals surface area (Å²) in [7, 11) is 0. The van der Waals surface area contributed by atoms with Crippen molar-refractivity contribution in [1.29, 1.82) is 5.26 Å². The molecular weight excluding hydrogens is 370 g/mol. The molecule has 2 aromatic carbocycles. The van der Waals surface area contributed by atoms with E-state index in [-0.39, 0.29) is 17.0 Å². The van der Waals surface area contributed by atoms with Gasteiger partial charge in [0.1, 0.15) is 11.6 Å². The maximum Gasteiger partial charge on any atom is 0.262 e. The number of nitriles is 1. The second-order valence-corrected chi connectivity index (χ2v) is 8.73. The van der Waals surface area contributed by atoms with Gasteiger partial charge < -0.3 is 10.2 Å². The lowest BCUT2D eigenvalue weighted by Crippen LogP contribution is -2.48. The third kappa shape index (κ3) is 4.74. The topological polar surface area (TPSA) is 56.1 Å². The van der Waals surface area contributed by atoms with Crippen LogP contribution in [0, 0.1) is 11.3 Å². The fraction of sp³-hybridized carbons (Fsp3) is 0.385. The lowest BCUT2D eigenvalue weighted by Gasteiger charge is -2.47. The van der Waals surface area contributed by atoms with Crippen LogP contribution in [0.1, 0.15) is 63.1 Å². The van der Waals surface area contributed by atoms with Crippen molar-refractivity contribution in [1.82, 2.24) is 5.32 Å². The zero-order valence-corrected chi connectivity index (χ0v) is 18.4. The van der Waals surface area contributed by atoms with Crippen molar-refractivity contribution in [2.45, 2.75) is 58.5 Å². The molecule has 0 aliphatic carbocycles. The van der Waals surface area contributed by atoms with Gasteiger partial charge in [-0.05, 0) is 67.5 Å². The van der Waals surface area contributed by atoms with Crippen LogP contribution < -0.4 is 10.2 Å². The predicted molar refractivity (Wildman–Crippen MR) is 123 cm³/mol. The Balaban J connectivity index is 1.83. The van der Waals surface area contributed by atoms with Gasteiger partial charge in [0, 0.05) is 24.3 Å². The Hall–Kier alpha value is -3.06. The number of carbonyl (C=O) groups excluding carboxylic acids is 1. The summed E-state index contributed by atoms with van der Waals surface area (Å²) in [5, 5.41) is 12.4. The van der Waals surface area contributed by atoms with Gasteiger partial charge in [0.15, 0.2) is 0 Å². The molecule has 1 atom stereocenters. The van der Waals surface area contributed by atoms with Crippen LogP contribution in [0.3, 0.4) is 0 Å². The third-order valence-corrected chi connectivity index (χ3v) is 5.83. The van der Waals surface area contributed by atoms with Crippen LogP contribution in [-0.4, -0.2) is 18.0 Å². The molecule has 1 heterocycles. The first-order valence-corrected chi connectivity index (χ1v) is 10.7. The van der Waals surface area contributed by atoms with Gasteiger partial charge >= 0.3 is 0 Å². The maximum absolute atomic E-state index is 12.5. The number of hydrogen-bond donors (Lipinski definition) is 1. The fourth-order valence-corrected chi connectivity index (χ4v) is 4.43. The average Bonchev–Trinajstić information content (AvgIpc) is 2.73. The van der Waals surface area contributed by atoms with Crippen LogP contribution in [0.15, 0.2) is 54.1 Å². The molecule has 0 aromatic heterocycles. The number of nitrogens with zero attached hydrogens (tertiary/aromatic N) is 2. The zero-order valence-electron chi connectivity index (χ0n) is 18.4. The molecule has 4 nitrogen and oxygen atoms in total. The minimum Gasteiger partial charge on any atom is -0.366 e. The number of benzene rings is 2. The molecule has 1 amide bonds. The molecule has 0 fully saturated rings. The van der Waals surface area contributed by atoms with Gasteiger partial charge in [-0.15, -0.1) is 0 Å². The molecule has 1 unspecified atom stereocenters. The lowest BCUT2D eigenvalue weighted by molar-refractivity contribution is -0.117. The summed E-state index contributed by atoms with van der Waals surface area (Å²) < 4.78 is 0. The standard InChI is InChI=1S/C26H31N3O/c1-5-13-29-24-12-11-21(15-23(24)19(2)16-26(29,3)4)14-22(17-27)25(30)28-18-20-9-7-6-8-10-20/h6-12,14-15,19H,5,13,16,18H2,1-4H3,(H,28,30)/b22-14+. The first-order valence-electron chi connectivity index (χ1n) is 10.7. The first kappa shape index (κ1) is 21.6. The molecule has 1 aliphatic rings. The number of rotatable bonds is 6. The SMILES string of the molecule is CCCN1c2ccc(/C=C(\C#N)C(=O)NCc3ccccc3)cc2C(C)CC1(C)C. The molecule has 0 saturated carbocycles. The van der Waals surface area contributed by atoms with Gasteiger partial charge in [-0.2, -0.15) is 5.26 Å². The highest BCUT2D eigenvalue weighted by Crippen LogP contribution is 2.43. The predicted octanol–water partition coefficient (Wildman–Crippen LogP) is 5.41. The van der Waals surface area contributed by atoms with Crippen molar-refractivity contribution in [3.8, 4) is 6.07 Å². The molecule has 4 heteroatoms. The number of fused-ring (bicyclic) bond motifs is 1. The van der Waals surface area contributed by atoms with E-state index in [1.165, 1.54) is 11.3 Å². The molecule has 0 bridgehead atoms. The van der Waals surface area contributed by atoms with Crippen molar-refractivity contribution >= 4 is 17.7 Å². The number of hydrogen-bond acceptors (Lipinski definition) is 3. The molecule has 0 spiro atoms. The quantitative estimate of drug-likeness (QED) is 0.520. The number of amides is 1. The Morgan fingerprint density at radius 2 is 2.00 bits per heavy atom. The first-order chi connectivity index (χ1) is 14.4. The van der Waals surface area contributed by atoms with Crippen LogP contribution in [0.4, 0.5) is 5.69 Å². The van der Waals surface area contributed by atoms with Crippen LogP contribution >= 0.6 is 0 Å². The molecule has 3 rings (SSSR count). The summed E-state index contributed by atoms with van der Waals surface area (Å²) in [4.78, 5) is 15.0. The largest absolute Gasteiger partial charge is 0.366 e. The van der Waals surface area contributed by atoms with Gasteiger partial charge in [0.2, 0.25) is 0 Å². The van der Waals surface area contributed by atoms with Crippen LogP contribution in [0.5, 0.6) is 0 Å². The molecule has 156 valence electrons. The lowest BCUT2D eigenvalue weighted by atomic mass is 9.79. The molecule has 30 heavy (non-hydrogen) atoms. The Labute approximate surface area is 180 Å². The van der Waals surface area contributed by atoms with Crippen LogP contribution in [0.25, 0.3) is 6.08 Å². The Morgan fingerprint density at radius 3 is 2.67 bits per heavy atom. The molecule has 0 radical (unpaired) electrons. The van der Waals surface area contributed by atoms with E-state index in [4.69, 9.17) is 0 Å². The second-order valence-electron chi connectivity index (χ2n) is 8.73. The van der Waals surface area contributed by atoms with Crippen molar-refractivity contribution in [2.75, 3.05) is 11.4 Å². The van der Waals surface area contributed by atoms with E-state index in [0.717, 1.165) is 30.5 Å². The smallest absolute Gasteiger partial charge is 0.262 e. The molecular formula is C26H31N3O. The van der Waals surface area contributed by atoms with Crippen LogP contribution in [-0.2, 0) is 11.3 Å². The van der Waals surface area contributed by atoms with E-state index >= 15 is 0 Å². The maximum atomic E-state index is 12.5. The minimum atomic E-state index is -0.346. The van der Waals surface area contributed by atoms with E-state index in [1.54, 1.807) is 6.08 Å². The highest BCUT2D eigenvalue weighted by Gasteiger charge is 2.35. The summed E-state index contributed by atoms with van der Waals surface area (Å²) in [6.45, 7) is 10.5. The van der Waals surface area contributed by atoms with Gasteiger partial charge in [0.05, 0.1) is 0 Å². The number of anilines is 1. The Bertz CT molecular complexity index is 970. The third-order valence-electron chi connectivity index (χ3n) is 5.83. The minimum absolute atomic E-state index is 0.120. The summed E-state index contributed by atoms with van der Waals surface area (Å²) >= 11 is 0. The van der Waals surface area contributed by atoms with Gasteiger partial charge in [0.25, 0.3) is 5.91 Å². The second kappa shape index (κ2) is 9.17. The fourth-order valence-electron chi connectivity index (χ4n) is 4.43. The molecule has 1 N–H and O–H groups in total. The highest BCUT2D eigenvalue weighted by molar-refractivity contribution is 6.01.